The van der Waals surface area contributed by atoms with E-state index in [-0.39, 0.29) is 0 Å². The summed E-state index contributed by atoms with van der Waals surface area (Å²) >= 11 is 0. The quantitative estimate of drug-likeness (QED) is 0.176. The van der Waals surface area contributed by atoms with Crippen molar-refractivity contribution >= 4 is 21.8 Å². The van der Waals surface area contributed by atoms with E-state index in [0.29, 0.717) is 39.9 Å². The smallest absolute Gasteiger partial charge is 0.164 e. The predicted octanol–water partition coefficient (Wildman–Crippen LogP) is 12.2. The highest BCUT2D eigenvalue weighted by Gasteiger charge is 2.51. The van der Waals surface area contributed by atoms with Gasteiger partial charge in [0.05, 0.1) is 33.3 Å². The van der Waals surface area contributed by atoms with E-state index >= 15 is 0 Å². The van der Waals surface area contributed by atoms with Gasteiger partial charge in [0.25, 0.3) is 0 Å². The summed E-state index contributed by atoms with van der Waals surface area (Å²) in [5.41, 5.74) is 11.1. The Labute approximate surface area is 350 Å². The van der Waals surface area contributed by atoms with Crippen LogP contribution in [0.5, 0.6) is 11.5 Å². The maximum absolute atomic E-state index is 11.1. The van der Waals surface area contributed by atoms with Crippen molar-refractivity contribution in [3.8, 4) is 74.6 Å². The fourth-order valence-corrected chi connectivity index (χ4v) is 9.67. The number of rotatable bonds is 4. The number of aromatic nitrogens is 4. The Balaban J connectivity index is 1.14. The number of benzene rings is 8. The molecule has 7 nitrogen and oxygen atoms in total. The maximum atomic E-state index is 11.1. The van der Waals surface area contributed by atoms with E-state index in [1.54, 1.807) is 12.1 Å². The molecule has 0 amide bonds. The molecule has 12 rings (SSSR count). The zero-order chi connectivity index (χ0) is 40.7. The second-order valence-electron chi connectivity index (χ2n) is 15.3. The second kappa shape index (κ2) is 13.2. The van der Waals surface area contributed by atoms with E-state index in [1.807, 2.05) is 97.1 Å². The first-order valence-corrected chi connectivity index (χ1v) is 20.1. The minimum atomic E-state index is -0.696. The van der Waals surface area contributed by atoms with Crippen LogP contribution in [0.1, 0.15) is 33.4 Å². The number of nitriles is 2. The maximum Gasteiger partial charge on any atom is 0.164 e. The second-order valence-corrected chi connectivity index (χ2v) is 15.3. The highest BCUT2D eigenvalue weighted by molar-refractivity contribution is 6.12. The van der Waals surface area contributed by atoms with Gasteiger partial charge in [0, 0.05) is 38.6 Å². The molecule has 0 saturated carbocycles. The van der Waals surface area contributed by atoms with E-state index in [0.717, 1.165) is 72.2 Å². The highest BCUT2D eigenvalue weighted by Crippen LogP contribution is 2.62. The molecule has 0 unspecified atom stereocenters. The Bertz CT molecular complexity index is 3400. The fourth-order valence-electron chi connectivity index (χ4n) is 9.67. The molecule has 10 aromatic rings. The topological polar surface area (TPSA) is 100 Å². The van der Waals surface area contributed by atoms with Crippen LogP contribution in [-0.2, 0) is 5.41 Å². The summed E-state index contributed by atoms with van der Waals surface area (Å²) in [6.07, 6.45) is 0. The summed E-state index contributed by atoms with van der Waals surface area (Å²) in [6, 6.07) is 66.1. The van der Waals surface area contributed by atoms with E-state index in [9.17, 15) is 10.5 Å². The summed E-state index contributed by atoms with van der Waals surface area (Å²) in [5.74, 6) is 2.97. The van der Waals surface area contributed by atoms with E-state index in [2.05, 4.69) is 89.5 Å². The lowest BCUT2D eigenvalue weighted by atomic mass is 9.66. The van der Waals surface area contributed by atoms with Crippen LogP contribution in [0.2, 0.25) is 0 Å². The number of fused-ring (bicyclic) bond motifs is 12. The predicted molar refractivity (Wildman–Crippen MR) is 237 cm³/mol. The molecule has 1 aliphatic carbocycles. The lowest BCUT2D eigenvalue weighted by Gasteiger charge is -2.39. The SMILES string of the molecule is N#Cc1cc(-c2nc(-c3ccccc3)nc(-c3ccccc3)n2)cc(C#N)c1-n1c2ccccc2c2cc3c(cc21)C1(c2ccccc2Oc2ccccc21)c1ccccc1-3. The van der Waals surface area contributed by atoms with Gasteiger partial charge in [-0.15, -0.1) is 0 Å². The Morgan fingerprint density at radius 2 is 0.934 bits per heavy atom. The monoisotopic (exact) mass is 778 g/mol. The number of nitrogens with zero attached hydrogens (tertiary/aromatic N) is 6. The average molecular weight is 779 g/mol. The highest BCUT2D eigenvalue weighted by atomic mass is 16.5. The van der Waals surface area contributed by atoms with Gasteiger partial charge in [-0.2, -0.15) is 10.5 Å². The molecule has 1 spiro atoms. The summed E-state index contributed by atoms with van der Waals surface area (Å²) in [7, 11) is 0. The van der Waals surface area contributed by atoms with Crippen LogP contribution in [0.3, 0.4) is 0 Å². The summed E-state index contributed by atoms with van der Waals surface area (Å²) < 4.78 is 8.70. The molecule has 0 N–H and O–H groups in total. The van der Waals surface area contributed by atoms with Crippen molar-refractivity contribution in [2.75, 3.05) is 0 Å². The van der Waals surface area contributed by atoms with Crippen LogP contribution in [0.25, 0.3) is 72.8 Å². The molecule has 0 fully saturated rings. The normalized spacial score (nSPS) is 12.8. The minimum absolute atomic E-state index is 0.319. The van der Waals surface area contributed by atoms with Crippen LogP contribution in [0.15, 0.2) is 182 Å². The molecule has 3 heterocycles. The summed E-state index contributed by atoms with van der Waals surface area (Å²) in [4.78, 5) is 14.7. The third kappa shape index (κ3) is 4.93. The molecule has 0 radical (unpaired) electrons. The van der Waals surface area contributed by atoms with Crippen molar-refractivity contribution < 1.29 is 4.74 Å². The third-order valence-corrected chi connectivity index (χ3v) is 12.2. The van der Waals surface area contributed by atoms with Crippen molar-refractivity contribution in [1.82, 2.24) is 19.5 Å². The number of hydrogen-bond donors (Lipinski definition) is 0. The molecule has 61 heavy (non-hydrogen) atoms. The Kier molecular flexibility index (Phi) is 7.44. The average Bonchev–Trinajstić information content (AvgIpc) is 3.80. The summed E-state index contributed by atoms with van der Waals surface area (Å²) in [6.45, 7) is 0. The van der Waals surface area contributed by atoms with Gasteiger partial charge in [0.1, 0.15) is 23.6 Å². The molecule has 2 aliphatic rings. The van der Waals surface area contributed by atoms with Gasteiger partial charge >= 0.3 is 0 Å². The minimum Gasteiger partial charge on any atom is -0.457 e. The van der Waals surface area contributed by atoms with Gasteiger partial charge in [-0.25, -0.2) is 15.0 Å². The Morgan fingerprint density at radius 1 is 0.426 bits per heavy atom. The molecule has 0 atom stereocenters. The van der Waals surface area contributed by atoms with Crippen LogP contribution in [-0.4, -0.2) is 19.5 Å². The molecule has 8 aromatic carbocycles. The van der Waals surface area contributed by atoms with Gasteiger partial charge < -0.3 is 9.30 Å². The first-order valence-electron chi connectivity index (χ1n) is 20.1. The van der Waals surface area contributed by atoms with Crippen molar-refractivity contribution in [2.45, 2.75) is 5.41 Å². The molecular weight excluding hydrogens is 749 g/mol. The van der Waals surface area contributed by atoms with E-state index < -0.39 is 5.41 Å². The lowest BCUT2D eigenvalue weighted by molar-refractivity contribution is 0.436. The molecule has 7 heteroatoms. The van der Waals surface area contributed by atoms with Gasteiger partial charge in [0.2, 0.25) is 0 Å². The molecular formula is C54H30N6O. The third-order valence-electron chi connectivity index (χ3n) is 12.2. The van der Waals surface area contributed by atoms with E-state index in [4.69, 9.17) is 19.7 Å². The number of para-hydroxylation sites is 3. The molecule has 1 aliphatic heterocycles. The van der Waals surface area contributed by atoms with Crippen LogP contribution in [0, 0.1) is 22.7 Å². The van der Waals surface area contributed by atoms with Gasteiger partial charge in [0.15, 0.2) is 17.5 Å². The van der Waals surface area contributed by atoms with Crippen molar-refractivity contribution in [3.63, 3.8) is 0 Å². The molecule has 2 aromatic heterocycles. The Morgan fingerprint density at radius 3 is 1.54 bits per heavy atom. The van der Waals surface area contributed by atoms with Crippen molar-refractivity contribution in [1.29, 1.82) is 10.5 Å². The zero-order valence-electron chi connectivity index (χ0n) is 32.4. The van der Waals surface area contributed by atoms with Crippen LogP contribution < -0.4 is 4.74 Å². The Hall–Kier alpha value is -8.65. The van der Waals surface area contributed by atoms with Gasteiger partial charge in [-0.05, 0) is 64.7 Å². The number of hydrogen-bond acceptors (Lipinski definition) is 6. The zero-order valence-corrected chi connectivity index (χ0v) is 32.4. The summed E-state index contributed by atoms with van der Waals surface area (Å²) in [5, 5.41) is 24.2. The first kappa shape index (κ1) is 34.4. The fraction of sp³-hybridized carbons (Fsp3) is 0.0185. The van der Waals surface area contributed by atoms with Crippen LogP contribution in [0.4, 0.5) is 0 Å². The molecule has 0 saturated heterocycles. The standard InChI is InChI=1S/C54H30N6O/c55-31-36-27-35(53-58-51(33-15-3-1-4-16-33)57-52(59-53)34-17-5-2-6-18-34)28-37(32-56)50(36)60-46-24-12-8-20-39(46)41-29-40-38-19-7-9-21-42(38)54(45(40)30-47(41)60)43-22-10-13-25-48(43)61-49-26-14-11-23-44(49)54/h1-30H. The molecule has 0 bridgehead atoms. The van der Waals surface area contributed by atoms with E-state index in [1.165, 1.54) is 5.56 Å². The largest absolute Gasteiger partial charge is 0.457 e. The van der Waals surface area contributed by atoms with Crippen molar-refractivity contribution in [2.24, 2.45) is 0 Å². The van der Waals surface area contributed by atoms with Gasteiger partial charge in [-0.1, -0.05) is 140 Å². The van der Waals surface area contributed by atoms with Crippen molar-refractivity contribution in [3.05, 3.63) is 215 Å². The van der Waals surface area contributed by atoms with Gasteiger partial charge in [-0.3, -0.25) is 0 Å². The lowest BCUT2D eigenvalue weighted by Crippen LogP contribution is -2.32. The molecule has 282 valence electrons. The first-order chi connectivity index (χ1) is 30.1. The number of ether oxygens (including phenoxy) is 1. The van der Waals surface area contributed by atoms with Crippen LogP contribution >= 0.6 is 0 Å².